The van der Waals surface area contributed by atoms with Crippen molar-refractivity contribution >= 4 is 50.0 Å². The molecule has 33 heavy (non-hydrogen) atoms. The van der Waals surface area contributed by atoms with Crippen molar-refractivity contribution in [3.8, 4) is 0 Å². The lowest BCUT2D eigenvalue weighted by atomic mass is 10.1. The van der Waals surface area contributed by atoms with Crippen LogP contribution in [-0.2, 0) is 29.1 Å². The SMILES string of the molecule is CCOC(=O)c1c(NC(=O)COC(=O)CCN=C2NS(=O)(=O)c3ccccc32)sc(C)c1C. The number of rotatable bonds is 8. The van der Waals surface area contributed by atoms with E-state index >= 15 is 0 Å². The zero-order chi connectivity index (χ0) is 24.2. The van der Waals surface area contributed by atoms with Gasteiger partial charge in [0.25, 0.3) is 15.9 Å². The van der Waals surface area contributed by atoms with Gasteiger partial charge in [-0.15, -0.1) is 11.3 Å². The molecular weight excluding hydrogens is 470 g/mol. The van der Waals surface area contributed by atoms with Crippen LogP contribution in [0.1, 0.15) is 39.7 Å². The van der Waals surface area contributed by atoms with Crippen LogP contribution in [0.5, 0.6) is 0 Å². The third kappa shape index (κ3) is 5.57. The van der Waals surface area contributed by atoms with Crippen molar-refractivity contribution in [2.75, 3.05) is 25.1 Å². The topological polar surface area (TPSA) is 140 Å². The van der Waals surface area contributed by atoms with Crippen molar-refractivity contribution in [1.29, 1.82) is 0 Å². The summed E-state index contributed by atoms with van der Waals surface area (Å²) in [5, 5.41) is 2.92. The van der Waals surface area contributed by atoms with Gasteiger partial charge >= 0.3 is 11.9 Å². The molecule has 10 nitrogen and oxygen atoms in total. The Morgan fingerprint density at radius 3 is 2.61 bits per heavy atom. The molecule has 1 amide bonds. The first-order valence-corrected chi connectivity index (χ1v) is 12.3. The summed E-state index contributed by atoms with van der Waals surface area (Å²) in [6.07, 6.45) is -0.147. The number of fused-ring (bicyclic) bond motifs is 1. The lowest BCUT2D eigenvalue weighted by Crippen LogP contribution is -2.23. The minimum absolute atomic E-state index is 0.0248. The molecule has 1 aliphatic rings. The van der Waals surface area contributed by atoms with E-state index in [0.29, 0.717) is 16.1 Å². The first kappa shape index (κ1) is 24.4. The van der Waals surface area contributed by atoms with Crippen LogP contribution in [0.25, 0.3) is 0 Å². The van der Waals surface area contributed by atoms with Gasteiger partial charge in [0.15, 0.2) is 6.61 Å². The van der Waals surface area contributed by atoms with Crippen LogP contribution in [0, 0.1) is 13.8 Å². The normalized spacial score (nSPS) is 14.9. The number of sulfonamides is 1. The fraction of sp³-hybridized carbons (Fsp3) is 0.333. The summed E-state index contributed by atoms with van der Waals surface area (Å²) in [6, 6.07) is 6.38. The number of carbonyl (C=O) groups is 3. The molecule has 0 unspecified atom stereocenters. The standard InChI is InChI=1S/C21H23N3O7S2/c1-4-30-21(27)18-12(2)13(3)32-20(18)23-16(25)11-31-17(26)9-10-22-19-14-7-5-6-8-15(14)33(28,29)24-19/h5-8H,4,9-11H2,1-3H3,(H,22,24)(H,23,25). The maximum absolute atomic E-state index is 12.2. The summed E-state index contributed by atoms with van der Waals surface area (Å²) in [7, 11) is -3.65. The van der Waals surface area contributed by atoms with Gasteiger partial charge in [-0.2, -0.15) is 0 Å². The monoisotopic (exact) mass is 493 g/mol. The van der Waals surface area contributed by atoms with Crippen molar-refractivity contribution in [2.45, 2.75) is 32.1 Å². The Morgan fingerprint density at radius 1 is 1.15 bits per heavy atom. The summed E-state index contributed by atoms with van der Waals surface area (Å²) >= 11 is 1.23. The number of nitrogens with one attached hydrogen (secondary N) is 2. The van der Waals surface area contributed by atoms with Gasteiger partial charge in [0, 0.05) is 10.4 Å². The minimum Gasteiger partial charge on any atom is -0.462 e. The van der Waals surface area contributed by atoms with E-state index in [1.54, 1.807) is 32.0 Å². The van der Waals surface area contributed by atoms with E-state index in [9.17, 15) is 22.8 Å². The summed E-state index contributed by atoms with van der Waals surface area (Å²) in [5.74, 6) is -1.65. The Kier molecular flexibility index (Phi) is 7.49. The van der Waals surface area contributed by atoms with Gasteiger partial charge in [0.2, 0.25) is 0 Å². The third-order valence-corrected chi connectivity index (χ3v) is 7.25. The van der Waals surface area contributed by atoms with Crippen LogP contribution in [0.15, 0.2) is 34.2 Å². The van der Waals surface area contributed by atoms with Crippen molar-refractivity contribution in [2.24, 2.45) is 4.99 Å². The smallest absolute Gasteiger partial charge is 0.341 e. The van der Waals surface area contributed by atoms with Gasteiger partial charge in [0.1, 0.15) is 10.8 Å². The largest absolute Gasteiger partial charge is 0.462 e. The molecule has 0 aliphatic carbocycles. The minimum atomic E-state index is -3.65. The van der Waals surface area contributed by atoms with E-state index in [2.05, 4.69) is 15.0 Å². The quantitative estimate of drug-likeness (QED) is 0.537. The number of hydrogen-bond acceptors (Lipinski definition) is 9. The second-order valence-electron chi connectivity index (χ2n) is 7.00. The number of hydrogen-bond donors (Lipinski definition) is 2. The van der Waals surface area contributed by atoms with Gasteiger partial charge in [-0.05, 0) is 38.5 Å². The molecule has 1 aliphatic heterocycles. The van der Waals surface area contributed by atoms with E-state index in [1.165, 1.54) is 17.4 Å². The number of amidine groups is 1. The van der Waals surface area contributed by atoms with Crippen molar-refractivity contribution in [3.05, 3.63) is 45.8 Å². The molecule has 1 aromatic carbocycles. The van der Waals surface area contributed by atoms with Crippen LogP contribution in [0.2, 0.25) is 0 Å². The van der Waals surface area contributed by atoms with Gasteiger partial charge in [-0.3, -0.25) is 19.3 Å². The zero-order valence-corrected chi connectivity index (χ0v) is 19.9. The van der Waals surface area contributed by atoms with E-state index in [4.69, 9.17) is 9.47 Å². The van der Waals surface area contributed by atoms with Crippen molar-refractivity contribution < 1.29 is 32.3 Å². The lowest BCUT2D eigenvalue weighted by Gasteiger charge is -2.08. The Morgan fingerprint density at radius 2 is 1.88 bits per heavy atom. The molecule has 2 N–H and O–H groups in total. The van der Waals surface area contributed by atoms with E-state index in [1.807, 2.05) is 6.92 Å². The highest BCUT2D eigenvalue weighted by atomic mass is 32.2. The van der Waals surface area contributed by atoms with Gasteiger partial charge in [0.05, 0.1) is 30.0 Å². The van der Waals surface area contributed by atoms with E-state index in [0.717, 1.165) is 4.88 Å². The fourth-order valence-electron chi connectivity index (χ4n) is 3.06. The van der Waals surface area contributed by atoms with Crippen LogP contribution < -0.4 is 10.0 Å². The molecule has 1 aromatic heterocycles. The lowest BCUT2D eigenvalue weighted by molar-refractivity contribution is -0.147. The third-order valence-electron chi connectivity index (χ3n) is 4.73. The van der Waals surface area contributed by atoms with Crippen LogP contribution >= 0.6 is 11.3 Å². The molecule has 2 aromatic rings. The summed E-state index contributed by atoms with van der Waals surface area (Å²) < 4.78 is 36.5. The molecule has 12 heteroatoms. The highest BCUT2D eigenvalue weighted by molar-refractivity contribution is 7.90. The number of aliphatic imine (C=N–C) groups is 1. The summed E-state index contributed by atoms with van der Waals surface area (Å²) in [5.41, 5.74) is 1.44. The number of anilines is 1. The Labute approximate surface area is 195 Å². The highest BCUT2D eigenvalue weighted by Gasteiger charge is 2.30. The Balaban J connectivity index is 1.52. The number of thiophene rings is 1. The van der Waals surface area contributed by atoms with Gasteiger partial charge in [-0.25, -0.2) is 13.2 Å². The molecule has 0 saturated heterocycles. The summed E-state index contributed by atoms with van der Waals surface area (Å²) in [4.78, 5) is 41.5. The number of carbonyl (C=O) groups excluding carboxylic acids is 3. The zero-order valence-electron chi connectivity index (χ0n) is 18.3. The maximum atomic E-state index is 12.2. The van der Waals surface area contributed by atoms with E-state index in [-0.39, 0.29) is 35.9 Å². The first-order chi connectivity index (χ1) is 15.6. The van der Waals surface area contributed by atoms with Crippen LogP contribution in [0.3, 0.4) is 0 Å². The molecule has 0 fully saturated rings. The van der Waals surface area contributed by atoms with Crippen molar-refractivity contribution in [3.63, 3.8) is 0 Å². The van der Waals surface area contributed by atoms with Crippen LogP contribution in [-0.4, -0.2) is 51.9 Å². The Bertz CT molecular complexity index is 1230. The fourth-order valence-corrected chi connectivity index (χ4v) is 5.37. The second-order valence-corrected chi connectivity index (χ2v) is 9.87. The molecule has 2 heterocycles. The van der Waals surface area contributed by atoms with Crippen LogP contribution in [0.4, 0.5) is 5.00 Å². The number of benzene rings is 1. The molecule has 3 rings (SSSR count). The number of aryl methyl sites for hydroxylation is 1. The molecule has 0 radical (unpaired) electrons. The highest BCUT2D eigenvalue weighted by Crippen LogP contribution is 2.33. The molecule has 0 saturated carbocycles. The number of nitrogens with zero attached hydrogens (tertiary/aromatic N) is 1. The summed E-state index contributed by atoms with van der Waals surface area (Å²) in [6.45, 7) is 4.91. The molecule has 0 spiro atoms. The Hall–Kier alpha value is -3.25. The first-order valence-electron chi connectivity index (χ1n) is 10.0. The molecule has 0 bridgehead atoms. The predicted molar refractivity (Wildman–Crippen MR) is 122 cm³/mol. The molecule has 0 atom stereocenters. The number of ether oxygens (including phenoxy) is 2. The maximum Gasteiger partial charge on any atom is 0.341 e. The number of esters is 2. The van der Waals surface area contributed by atoms with Gasteiger partial charge < -0.3 is 14.8 Å². The molecular formula is C21H23N3O7S2. The average Bonchev–Trinajstić information content (AvgIpc) is 3.19. The number of amides is 1. The predicted octanol–water partition coefficient (Wildman–Crippen LogP) is 2.15. The second kappa shape index (κ2) is 10.1. The average molecular weight is 494 g/mol. The van der Waals surface area contributed by atoms with E-state index < -0.39 is 34.5 Å². The molecule has 176 valence electrons. The van der Waals surface area contributed by atoms with Crippen molar-refractivity contribution in [1.82, 2.24) is 4.72 Å². The van der Waals surface area contributed by atoms with Gasteiger partial charge in [-0.1, -0.05) is 12.1 Å².